The second kappa shape index (κ2) is 6.96. The van der Waals surface area contributed by atoms with Crippen molar-refractivity contribution in [2.75, 3.05) is 0 Å². The molecule has 1 amide bonds. The first kappa shape index (κ1) is 17.2. The van der Waals surface area contributed by atoms with Crippen LogP contribution in [0.15, 0.2) is 34.9 Å². The minimum Gasteiger partial charge on any atom is -0.361 e. The quantitative estimate of drug-likeness (QED) is 0.888. The minimum absolute atomic E-state index is 0.0560. The molecule has 0 fully saturated rings. The highest BCUT2D eigenvalue weighted by molar-refractivity contribution is 5.94. The van der Waals surface area contributed by atoms with Crippen molar-refractivity contribution in [3.63, 3.8) is 0 Å². The van der Waals surface area contributed by atoms with Gasteiger partial charge < -0.3 is 15.2 Å². The van der Waals surface area contributed by atoms with Crippen LogP contribution in [0.5, 0.6) is 0 Å². The SMILES string of the molecule is Cc1cc(C(C)NCc2cccc(C(=O)NC(C)(C)C)c2)no1. The number of nitrogens with one attached hydrogen (secondary N) is 2. The van der Waals surface area contributed by atoms with E-state index in [0.29, 0.717) is 12.1 Å². The van der Waals surface area contributed by atoms with Gasteiger partial charge in [-0.1, -0.05) is 17.3 Å². The lowest BCUT2D eigenvalue weighted by Crippen LogP contribution is -2.40. The molecule has 1 unspecified atom stereocenters. The molecule has 1 aromatic heterocycles. The van der Waals surface area contributed by atoms with Crippen molar-refractivity contribution in [2.45, 2.75) is 52.7 Å². The van der Waals surface area contributed by atoms with Gasteiger partial charge in [0.2, 0.25) is 0 Å². The minimum atomic E-state index is -0.245. The maximum atomic E-state index is 12.2. The van der Waals surface area contributed by atoms with Gasteiger partial charge in [0.15, 0.2) is 0 Å². The lowest BCUT2D eigenvalue weighted by molar-refractivity contribution is 0.0919. The predicted molar refractivity (Wildman–Crippen MR) is 90.2 cm³/mol. The van der Waals surface area contributed by atoms with Gasteiger partial charge in [-0.3, -0.25) is 4.79 Å². The van der Waals surface area contributed by atoms with E-state index in [1.807, 2.05) is 65.0 Å². The zero-order chi connectivity index (χ0) is 17.0. The van der Waals surface area contributed by atoms with Gasteiger partial charge in [0.25, 0.3) is 5.91 Å². The van der Waals surface area contributed by atoms with Crippen molar-refractivity contribution < 1.29 is 9.32 Å². The van der Waals surface area contributed by atoms with Crippen LogP contribution in [0.4, 0.5) is 0 Å². The van der Waals surface area contributed by atoms with E-state index in [-0.39, 0.29) is 17.5 Å². The van der Waals surface area contributed by atoms with Crippen molar-refractivity contribution in [3.8, 4) is 0 Å². The molecule has 2 N–H and O–H groups in total. The molecule has 0 aliphatic rings. The molecule has 5 nitrogen and oxygen atoms in total. The Balaban J connectivity index is 1.98. The van der Waals surface area contributed by atoms with Gasteiger partial charge in [-0.05, 0) is 52.3 Å². The first-order valence-electron chi connectivity index (χ1n) is 7.82. The molecule has 0 bridgehead atoms. The van der Waals surface area contributed by atoms with E-state index >= 15 is 0 Å². The fourth-order valence-electron chi connectivity index (χ4n) is 2.20. The normalized spacial score (nSPS) is 12.9. The molecule has 5 heteroatoms. The van der Waals surface area contributed by atoms with Gasteiger partial charge in [0.1, 0.15) is 11.5 Å². The van der Waals surface area contributed by atoms with Gasteiger partial charge >= 0.3 is 0 Å². The van der Waals surface area contributed by atoms with Gasteiger partial charge in [0.05, 0.1) is 6.04 Å². The number of hydrogen-bond acceptors (Lipinski definition) is 4. The maximum absolute atomic E-state index is 12.2. The number of benzene rings is 1. The van der Waals surface area contributed by atoms with Crippen molar-refractivity contribution in [1.82, 2.24) is 15.8 Å². The molecule has 2 aromatic rings. The standard InChI is InChI=1S/C18H25N3O2/c1-12-9-16(21-23-12)13(2)19-11-14-7-6-8-15(10-14)17(22)20-18(3,4)5/h6-10,13,19H,11H2,1-5H3,(H,20,22). The third-order valence-electron chi connectivity index (χ3n) is 3.38. The molecule has 0 radical (unpaired) electrons. The molecule has 1 aromatic carbocycles. The van der Waals surface area contributed by atoms with E-state index in [4.69, 9.17) is 4.52 Å². The average molecular weight is 315 g/mol. The van der Waals surface area contributed by atoms with Crippen LogP contribution in [0.1, 0.15) is 61.1 Å². The van der Waals surface area contributed by atoms with Crippen LogP contribution >= 0.6 is 0 Å². The summed E-state index contributed by atoms with van der Waals surface area (Å²) >= 11 is 0. The van der Waals surface area contributed by atoms with Gasteiger partial charge in [0, 0.05) is 23.7 Å². The van der Waals surface area contributed by atoms with Crippen LogP contribution in [-0.2, 0) is 6.54 Å². The van der Waals surface area contributed by atoms with Crippen LogP contribution in [0.2, 0.25) is 0 Å². The summed E-state index contributed by atoms with van der Waals surface area (Å²) in [5, 5.41) is 10.4. The molecule has 1 atom stereocenters. The van der Waals surface area contributed by atoms with Crippen molar-refractivity contribution >= 4 is 5.91 Å². The molecule has 0 aliphatic heterocycles. The molecular weight excluding hydrogens is 290 g/mol. The van der Waals surface area contributed by atoms with E-state index in [9.17, 15) is 4.79 Å². The maximum Gasteiger partial charge on any atom is 0.251 e. The number of rotatable bonds is 5. The van der Waals surface area contributed by atoms with E-state index in [2.05, 4.69) is 15.8 Å². The summed E-state index contributed by atoms with van der Waals surface area (Å²) in [6, 6.07) is 9.65. The predicted octanol–water partition coefficient (Wildman–Crippen LogP) is 3.36. The largest absolute Gasteiger partial charge is 0.361 e. The van der Waals surface area contributed by atoms with Crippen LogP contribution in [0.25, 0.3) is 0 Å². The lowest BCUT2D eigenvalue weighted by atomic mass is 10.1. The first-order chi connectivity index (χ1) is 10.7. The number of carbonyl (C=O) groups is 1. The van der Waals surface area contributed by atoms with Gasteiger partial charge in [-0.25, -0.2) is 0 Å². The average Bonchev–Trinajstić information content (AvgIpc) is 2.90. The highest BCUT2D eigenvalue weighted by Gasteiger charge is 2.15. The molecule has 0 saturated carbocycles. The Bertz CT molecular complexity index is 671. The van der Waals surface area contributed by atoms with Gasteiger partial charge in [-0.2, -0.15) is 0 Å². The topological polar surface area (TPSA) is 67.2 Å². The number of carbonyl (C=O) groups excluding carboxylic acids is 1. The van der Waals surface area contributed by atoms with Crippen LogP contribution in [0, 0.1) is 6.92 Å². The summed E-state index contributed by atoms with van der Waals surface area (Å²) in [5.74, 6) is 0.744. The van der Waals surface area contributed by atoms with Crippen molar-refractivity contribution in [3.05, 3.63) is 52.9 Å². The highest BCUT2D eigenvalue weighted by Crippen LogP contribution is 2.14. The first-order valence-corrected chi connectivity index (χ1v) is 7.82. The lowest BCUT2D eigenvalue weighted by Gasteiger charge is -2.20. The molecule has 23 heavy (non-hydrogen) atoms. The molecule has 0 saturated heterocycles. The molecule has 0 aliphatic carbocycles. The summed E-state index contributed by atoms with van der Waals surface area (Å²) in [6.45, 7) is 10.5. The third kappa shape index (κ3) is 5.21. The molecule has 2 rings (SSSR count). The summed E-state index contributed by atoms with van der Waals surface area (Å²) < 4.78 is 5.09. The summed E-state index contributed by atoms with van der Waals surface area (Å²) in [4.78, 5) is 12.2. The molecular formula is C18H25N3O2. The van der Waals surface area contributed by atoms with E-state index in [1.54, 1.807) is 0 Å². The van der Waals surface area contributed by atoms with E-state index in [0.717, 1.165) is 17.0 Å². The zero-order valence-corrected chi connectivity index (χ0v) is 14.4. The second-order valence-electron chi connectivity index (χ2n) is 6.87. The number of nitrogens with zero attached hydrogens (tertiary/aromatic N) is 1. The fraction of sp³-hybridized carbons (Fsp3) is 0.444. The van der Waals surface area contributed by atoms with E-state index < -0.39 is 0 Å². The van der Waals surface area contributed by atoms with Gasteiger partial charge in [-0.15, -0.1) is 0 Å². The molecule has 0 spiro atoms. The Morgan fingerprint density at radius 2 is 2.04 bits per heavy atom. The Hall–Kier alpha value is -2.14. The van der Waals surface area contributed by atoms with Crippen molar-refractivity contribution in [2.24, 2.45) is 0 Å². The van der Waals surface area contributed by atoms with Crippen LogP contribution < -0.4 is 10.6 Å². The number of hydrogen-bond donors (Lipinski definition) is 2. The number of aryl methyl sites for hydroxylation is 1. The summed E-state index contributed by atoms with van der Waals surface area (Å²) in [6.07, 6.45) is 0. The van der Waals surface area contributed by atoms with Crippen molar-refractivity contribution in [1.29, 1.82) is 0 Å². The summed E-state index contributed by atoms with van der Waals surface area (Å²) in [5.41, 5.74) is 2.36. The Labute approximate surface area is 137 Å². The van der Waals surface area contributed by atoms with Crippen LogP contribution in [-0.4, -0.2) is 16.6 Å². The number of aromatic nitrogens is 1. The summed E-state index contributed by atoms with van der Waals surface area (Å²) in [7, 11) is 0. The number of amides is 1. The Kier molecular flexibility index (Phi) is 5.21. The fourth-order valence-corrected chi connectivity index (χ4v) is 2.20. The smallest absolute Gasteiger partial charge is 0.251 e. The third-order valence-corrected chi connectivity index (χ3v) is 3.38. The highest BCUT2D eigenvalue weighted by atomic mass is 16.5. The van der Waals surface area contributed by atoms with E-state index in [1.165, 1.54) is 0 Å². The zero-order valence-electron chi connectivity index (χ0n) is 14.4. The molecule has 1 heterocycles. The second-order valence-corrected chi connectivity index (χ2v) is 6.87. The Morgan fingerprint density at radius 3 is 2.65 bits per heavy atom. The van der Waals surface area contributed by atoms with Crippen LogP contribution in [0.3, 0.4) is 0 Å². The monoisotopic (exact) mass is 315 g/mol. The Morgan fingerprint density at radius 1 is 1.30 bits per heavy atom. The molecule has 124 valence electrons.